The second kappa shape index (κ2) is 7.20. The molecule has 10 heteroatoms. The van der Waals surface area contributed by atoms with Crippen LogP contribution in [0.25, 0.3) is 11.3 Å². The topological polar surface area (TPSA) is 81.2 Å². The Balaban J connectivity index is 1.60. The van der Waals surface area contributed by atoms with Crippen molar-refractivity contribution in [3.63, 3.8) is 0 Å². The highest BCUT2D eigenvalue weighted by atomic mass is 35.5. The Hall–Kier alpha value is -2.19. The highest BCUT2D eigenvalue weighted by Gasteiger charge is 2.54. The van der Waals surface area contributed by atoms with Crippen molar-refractivity contribution < 1.29 is 18.4 Å². The molecular formula is C20H20Cl2F2N4O2. The van der Waals surface area contributed by atoms with Gasteiger partial charge in [-0.3, -0.25) is 14.3 Å². The Morgan fingerprint density at radius 3 is 2.50 bits per heavy atom. The van der Waals surface area contributed by atoms with Gasteiger partial charge in [-0.15, -0.1) is 0 Å². The minimum atomic E-state index is -2.69. The minimum absolute atomic E-state index is 0.0439. The Morgan fingerprint density at radius 2 is 1.90 bits per heavy atom. The third kappa shape index (κ3) is 3.78. The molecule has 0 unspecified atom stereocenters. The minimum Gasteiger partial charge on any atom is -0.365 e. The molecule has 0 saturated heterocycles. The van der Waals surface area contributed by atoms with E-state index in [-0.39, 0.29) is 37.3 Å². The van der Waals surface area contributed by atoms with E-state index in [4.69, 9.17) is 28.9 Å². The molecule has 2 amide bonds. The van der Waals surface area contributed by atoms with Crippen LogP contribution in [0.3, 0.4) is 0 Å². The summed E-state index contributed by atoms with van der Waals surface area (Å²) < 4.78 is 28.2. The quantitative estimate of drug-likeness (QED) is 0.750. The maximum atomic E-state index is 13.3. The van der Waals surface area contributed by atoms with E-state index < -0.39 is 17.2 Å². The zero-order chi connectivity index (χ0) is 21.8. The number of primary amides is 1. The molecule has 0 spiro atoms. The van der Waals surface area contributed by atoms with Crippen molar-refractivity contribution in [3.05, 3.63) is 39.5 Å². The van der Waals surface area contributed by atoms with Gasteiger partial charge in [0.15, 0.2) is 0 Å². The fraction of sp³-hybridized carbons (Fsp3) is 0.450. The van der Waals surface area contributed by atoms with Gasteiger partial charge in [0.25, 0.3) is 5.91 Å². The molecule has 0 bridgehead atoms. The summed E-state index contributed by atoms with van der Waals surface area (Å²) in [6, 6.07) is 4.90. The molecule has 0 atom stereocenters. The van der Waals surface area contributed by atoms with Crippen LogP contribution in [0.15, 0.2) is 18.2 Å². The summed E-state index contributed by atoms with van der Waals surface area (Å²) >= 11 is 12.1. The number of hydrogen-bond donors (Lipinski definition) is 1. The first-order valence-electron chi connectivity index (χ1n) is 9.49. The molecule has 1 aromatic heterocycles. The summed E-state index contributed by atoms with van der Waals surface area (Å²) in [6.07, 6.45) is -0.528. The maximum absolute atomic E-state index is 13.3. The Labute approximate surface area is 181 Å². The third-order valence-corrected chi connectivity index (χ3v) is 6.46. The van der Waals surface area contributed by atoms with Crippen molar-refractivity contribution in [1.82, 2.24) is 14.7 Å². The molecule has 1 aliphatic heterocycles. The highest BCUT2D eigenvalue weighted by Crippen LogP contribution is 2.53. The normalized spacial score (nSPS) is 19.2. The molecule has 1 aromatic carbocycles. The van der Waals surface area contributed by atoms with E-state index in [9.17, 15) is 18.4 Å². The fourth-order valence-electron chi connectivity index (χ4n) is 4.43. The number of nitrogens with two attached hydrogens (primary N) is 1. The lowest BCUT2D eigenvalue weighted by atomic mass is 9.65. The van der Waals surface area contributed by atoms with E-state index in [1.165, 1.54) is 0 Å². The van der Waals surface area contributed by atoms with E-state index >= 15 is 0 Å². The van der Waals surface area contributed by atoms with Gasteiger partial charge in [-0.2, -0.15) is 5.10 Å². The van der Waals surface area contributed by atoms with E-state index in [0.717, 1.165) is 0 Å². The number of carbonyl (C=O) groups is 2. The van der Waals surface area contributed by atoms with Gasteiger partial charge in [-0.25, -0.2) is 8.78 Å². The van der Waals surface area contributed by atoms with Gasteiger partial charge in [0, 0.05) is 31.4 Å². The summed E-state index contributed by atoms with van der Waals surface area (Å²) in [4.78, 5) is 26.6. The Kier molecular flexibility index (Phi) is 5.05. The van der Waals surface area contributed by atoms with E-state index in [1.54, 1.807) is 34.7 Å². The van der Waals surface area contributed by atoms with Crippen LogP contribution in [0.1, 0.15) is 42.2 Å². The van der Waals surface area contributed by atoms with E-state index in [2.05, 4.69) is 5.10 Å². The first kappa shape index (κ1) is 21.1. The van der Waals surface area contributed by atoms with Gasteiger partial charge in [0.05, 0.1) is 34.4 Å². The number of aromatic nitrogens is 2. The largest absolute Gasteiger partial charge is 0.365 e. The SMILES string of the molecule is CC1(CC(=O)N2CCn3nc(-c4ccc(Cl)c(Cl)c4)c(C(N)=O)c3C2)CC(F)(F)C1. The fourth-order valence-corrected chi connectivity index (χ4v) is 4.73. The second-order valence-corrected chi connectivity index (χ2v) is 9.21. The van der Waals surface area contributed by atoms with Crippen LogP contribution >= 0.6 is 23.2 Å². The van der Waals surface area contributed by atoms with Gasteiger partial charge in [-0.1, -0.05) is 36.2 Å². The standard InChI is InChI=1S/C20H20Cl2F2N4O2/c1-19(9-20(23,24)10-19)7-15(29)27-4-5-28-14(8-27)16(18(25)30)17(26-28)11-2-3-12(21)13(22)6-11/h2-3,6H,4-5,7-10H2,1H3,(H2,25,30). The van der Waals surface area contributed by atoms with E-state index in [1.807, 2.05) is 0 Å². The number of amides is 2. The summed E-state index contributed by atoms with van der Waals surface area (Å²) in [5.41, 5.74) is 6.63. The predicted octanol–water partition coefficient (Wildman–Crippen LogP) is 4.12. The van der Waals surface area contributed by atoms with Crippen LogP contribution < -0.4 is 5.73 Å². The van der Waals surface area contributed by atoms with Gasteiger partial charge in [0.1, 0.15) is 5.69 Å². The summed E-state index contributed by atoms with van der Waals surface area (Å²) in [5, 5.41) is 5.19. The Morgan fingerprint density at radius 1 is 1.20 bits per heavy atom. The van der Waals surface area contributed by atoms with Crippen LogP contribution in [-0.4, -0.2) is 39.0 Å². The molecule has 1 fully saturated rings. The molecule has 2 heterocycles. The number of rotatable bonds is 4. The Bertz CT molecular complexity index is 1050. The predicted molar refractivity (Wildman–Crippen MR) is 109 cm³/mol. The molecule has 30 heavy (non-hydrogen) atoms. The second-order valence-electron chi connectivity index (χ2n) is 8.40. The van der Waals surface area contributed by atoms with Crippen molar-refractivity contribution >= 4 is 35.0 Å². The molecule has 6 nitrogen and oxygen atoms in total. The smallest absolute Gasteiger partial charge is 0.252 e. The number of alkyl halides is 2. The van der Waals surface area contributed by atoms with Gasteiger partial charge in [-0.05, 0) is 17.5 Å². The molecule has 160 valence electrons. The van der Waals surface area contributed by atoms with E-state index in [0.29, 0.717) is 40.1 Å². The monoisotopic (exact) mass is 456 g/mol. The number of nitrogens with zero attached hydrogens (tertiary/aromatic N) is 3. The van der Waals surface area contributed by atoms with Crippen LogP contribution in [0.2, 0.25) is 10.0 Å². The number of carbonyl (C=O) groups excluding carboxylic acids is 2. The number of halogens is 4. The summed E-state index contributed by atoms with van der Waals surface area (Å²) in [5.74, 6) is -3.58. The highest BCUT2D eigenvalue weighted by molar-refractivity contribution is 6.42. The average Bonchev–Trinajstić information content (AvgIpc) is 3.00. The molecule has 1 aliphatic carbocycles. The number of benzene rings is 1. The van der Waals surface area contributed by atoms with Crippen LogP contribution in [-0.2, 0) is 17.9 Å². The lowest BCUT2D eigenvalue weighted by Crippen LogP contribution is -2.48. The van der Waals surface area contributed by atoms with Crippen molar-refractivity contribution in [2.24, 2.45) is 11.1 Å². The molecule has 2 aliphatic rings. The van der Waals surface area contributed by atoms with Crippen LogP contribution in [0.5, 0.6) is 0 Å². The zero-order valence-electron chi connectivity index (χ0n) is 16.2. The maximum Gasteiger partial charge on any atom is 0.252 e. The van der Waals surface area contributed by atoms with Gasteiger partial charge in [0.2, 0.25) is 11.8 Å². The lowest BCUT2D eigenvalue weighted by Gasteiger charge is -2.45. The average molecular weight is 457 g/mol. The van der Waals surface area contributed by atoms with Gasteiger partial charge >= 0.3 is 0 Å². The summed E-state index contributed by atoms with van der Waals surface area (Å²) in [7, 11) is 0. The molecule has 0 radical (unpaired) electrons. The summed E-state index contributed by atoms with van der Waals surface area (Å²) in [6.45, 7) is 2.58. The first-order valence-corrected chi connectivity index (χ1v) is 10.2. The van der Waals surface area contributed by atoms with Crippen molar-refractivity contribution in [2.75, 3.05) is 6.54 Å². The van der Waals surface area contributed by atoms with Crippen LogP contribution in [0.4, 0.5) is 8.78 Å². The van der Waals surface area contributed by atoms with Crippen molar-refractivity contribution in [3.8, 4) is 11.3 Å². The zero-order valence-corrected chi connectivity index (χ0v) is 17.7. The molecule has 1 saturated carbocycles. The number of fused-ring (bicyclic) bond motifs is 1. The van der Waals surface area contributed by atoms with Crippen molar-refractivity contribution in [1.29, 1.82) is 0 Å². The third-order valence-electron chi connectivity index (χ3n) is 5.72. The number of hydrogen-bond acceptors (Lipinski definition) is 3. The van der Waals surface area contributed by atoms with Crippen molar-refractivity contribution in [2.45, 2.75) is 45.2 Å². The van der Waals surface area contributed by atoms with Crippen LogP contribution in [0, 0.1) is 5.41 Å². The molecular weight excluding hydrogens is 437 g/mol. The lowest BCUT2D eigenvalue weighted by molar-refractivity contribution is -0.166. The molecule has 2 N–H and O–H groups in total. The first-order chi connectivity index (χ1) is 14.0. The molecule has 2 aromatic rings. The molecule has 4 rings (SSSR count). The van der Waals surface area contributed by atoms with Gasteiger partial charge < -0.3 is 10.6 Å².